The molecule has 1 fully saturated rings. The lowest BCUT2D eigenvalue weighted by Crippen LogP contribution is -2.41. The Labute approximate surface area is 185 Å². The van der Waals surface area contributed by atoms with Gasteiger partial charge in [0.1, 0.15) is 11.4 Å². The topological polar surface area (TPSA) is 85.3 Å². The predicted molar refractivity (Wildman–Crippen MR) is 118 cm³/mol. The second-order valence-electron chi connectivity index (χ2n) is 9.14. The van der Waals surface area contributed by atoms with Gasteiger partial charge in [0.15, 0.2) is 6.10 Å². The van der Waals surface area contributed by atoms with Crippen molar-refractivity contribution in [1.29, 1.82) is 0 Å². The van der Waals surface area contributed by atoms with Gasteiger partial charge >= 0.3 is 12.1 Å². The van der Waals surface area contributed by atoms with E-state index < -0.39 is 17.7 Å². The number of rotatable bonds is 9. The Morgan fingerprint density at radius 1 is 1.13 bits per heavy atom. The van der Waals surface area contributed by atoms with Crippen LogP contribution in [0.5, 0.6) is 5.75 Å². The minimum absolute atomic E-state index is 0.204. The molecule has 1 saturated heterocycles. The molecule has 31 heavy (non-hydrogen) atoms. The van der Waals surface area contributed by atoms with Crippen LogP contribution in [0.15, 0.2) is 24.3 Å². The van der Waals surface area contributed by atoms with E-state index in [0.29, 0.717) is 12.5 Å². The number of nitrogens with zero attached hydrogens (tertiary/aromatic N) is 1. The molecular weight excluding hydrogens is 398 g/mol. The van der Waals surface area contributed by atoms with Gasteiger partial charge in [-0.15, -0.1) is 0 Å². The SMILES string of the molecule is COC(=O)C(O)Cc1ccc(OCCCCC2CCN(C(=O)OC(C)(C)C)CC2)cc1. The van der Waals surface area contributed by atoms with E-state index in [2.05, 4.69) is 4.74 Å². The molecule has 1 amide bonds. The van der Waals surface area contributed by atoms with Gasteiger partial charge in [0.25, 0.3) is 0 Å². The highest BCUT2D eigenvalue weighted by molar-refractivity contribution is 5.74. The van der Waals surface area contributed by atoms with Crippen molar-refractivity contribution >= 4 is 12.1 Å². The van der Waals surface area contributed by atoms with Crippen LogP contribution in [-0.2, 0) is 20.7 Å². The summed E-state index contributed by atoms with van der Waals surface area (Å²) in [5.74, 6) is 0.803. The van der Waals surface area contributed by atoms with Crippen molar-refractivity contribution in [2.75, 3.05) is 26.8 Å². The molecule has 7 heteroatoms. The van der Waals surface area contributed by atoms with E-state index in [0.717, 1.165) is 56.5 Å². The number of piperidine rings is 1. The Balaban J connectivity index is 1.58. The predicted octanol–water partition coefficient (Wildman–Crippen LogP) is 3.96. The molecule has 0 spiro atoms. The molecule has 0 saturated carbocycles. The van der Waals surface area contributed by atoms with Crippen LogP contribution in [0.4, 0.5) is 4.79 Å². The fraction of sp³-hybridized carbons (Fsp3) is 0.667. The smallest absolute Gasteiger partial charge is 0.410 e. The largest absolute Gasteiger partial charge is 0.494 e. The minimum atomic E-state index is -1.15. The van der Waals surface area contributed by atoms with Crippen molar-refractivity contribution in [2.24, 2.45) is 5.92 Å². The average Bonchev–Trinajstić information content (AvgIpc) is 2.73. The van der Waals surface area contributed by atoms with Gasteiger partial charge < -0.3 is 24.2 Å². The summed E-state index contributed by atoms with van der Waals surface area (Å²) in [6.07, 6.45) is 4.15. The normalized spacial score (nSPS) is 16.0. The first-order chi connectivity index (χ1) is 14.7. The summed E-state index contributed by atoms with van der Waals surface area (Å²) in [4.78, 5) is 25.2. The lowest BCUT2D eigenvalue weighted by molar-refractivity contribution is -0.150. The average molecular weight is 436 g/mol. The Morgan fingerprint density at radius 2 is 1.77 bits per heavy atom. The maximum absolute atomic E-state index is 12.1. The van der Waals surface area contributed by atoms with Crippen molar-refractivity contribution in [3.05, 3.63) is 29.8 Å². The van der Waals surface area contributed by atoms with Crippen molar-refractivity contribution in [3.63, 3.8) is 0 Å². The summed E-state index contributed by atoms with van der Waals surface area (Å²) in [5, 5.41) is 9.70. The first-order valence-electron chi connectivity index (χ1n) is 11.1. The molecule has 1 aromatic rings. The molecule has 0 bridgehead atoms. The van der Waals surface area contributed by atoms with E-state index in [1.54, 1.807) is 0 Å². The highest BCUT2D eigenvalue weighted by Crippen LogP contribution is 2.24. The van der Waals surface area contributed by atoms with Crippen LogP contribution in [0.25, 0.3) is 0 Å². The molecule has 1 N–H and O–H groups in total. The van der Waals surface area contributed by atoms with Gasteiger partial charge in [-0.1, -0.05) is 18.6 Å². The highest BCUT2D eigenvalue weighted by Gasteiger charge is 2.26. The number of carbonyl (C=O) groups is 2. The maximum atomic E-state index is 12.1. The van der Waals surface area contributed by atoms with E-state index in [1.165, 1.54) is 7.11 Å². The lowest BCUT2D eigenvalue weighted by atomic mass is 9.92. The molecule has 1 aliphatic heterocycles. The van der Waals surface area contributed by atoms with Crippen LogP contribution >= 0.6 is 0 Å². The molecule has 1 aromatic carbocycles. The first kappa shape index (κ1) is 25.0. The highest BCUT2D eigenvalue weighted by atomic mass is 16.6. The Bertz CT molecular complexity index is 689. The van der Waals surface area contributed by atoms with Gasteiger partial charge in [0.05, 0.1) is 13.7 Å². The standard InChI is InChI=1S/C24H37NO6/c1-24(2,3)31-23(28)25-14-12-18(13-15-25)7-5-6-16-30-20-10-8-19(9-11-20)17-21(26)22(27)29-4/h8-11,18,21,26H,5-7,12-17H2,1-4H3. The number of aliphatic hydroxyl groups excluding tert-OH is 1. The van der Waals surface area contributed by atoms with Crippen molar-refractivity contribution in [3.8, 4) is 5.75 Å². The summed E-state index contributed by atoms with van der Waals surface area (Å²) in [7, 11) is 1.26. The number of aliphatic hydroxyl groups is 1. The van der Waals surface area contributed by atoms with Crippen LogP contribution < -0.4 is 4.74 Å². The van der Waals surface area contributed by atoms with Crippen LogP contribution in [-0.4, -0.2) is 60.6 Å². The zero-order chi connectivity index (χ0) is 22.9. The fourth-order valence-corrected chi connectivity index (χ4v) is 3.62. The van der Waals surface area contributed by atoms with Gasteiger partial charge in [0, 0.05) is 19.5 Å². The van der Waals surface area contributed by atoms with Gasteiger partial charge in [-0.3, -0.25) is 0 Å². The Hall–Kier alpha value is -2.28. The summed E-state index contributed by atoms with van der Waals surface area (Å²) in [6, 6.07) is 7.40. The summed E-state index contributed by atoms with van der Waals surface area (Å²) in [5.41, 5.74) is 0.404. The molecule has 174 valence electrons. The Kier molecular flexibility index (Phi) is 9.62. The number of benzene rings is 1. The van der Waals surface area contributed by atoms with Gasteiger partial charge in [0.2, 0.25) is 0 Å². The molecule has 7 nitrogen and oxygen atoms in total. The minimum Gasteiger partial charge on any atom is -0.494 e. The molecule has 0 radical (unpaired) electrons. The molecule has 0 aromatic heterocycles. The lowest BCUT2D eigenvalue weighted by Gasteiger charge is -2.33. The van der Waals surface area contributed by atoms with E-state index >= 15 is 0 Å². The molecule has 1 atom stereocenters. The van der Waals surface area contributed by atoms with Crippen LogP contribution in [0.2, 0.25) is 0 Å². The van der Waals surface area contributed by atoms with Crippen LogP contribution in [0, 0.1) is 5.92 Å². The van der Waals surface area contributed by atoms with Gasteiger partial charge in [-0.05, 0) is 70.1 Å². The molecule has 1 aliphatic rings. The van der Waals surface area contributed by atoms with E-state index in [1.807, 2.05) is 49.9 Å². The van der Waals surface area contributed by atoms with Gasteiger partial charge in [-0.25, -0.2) is 9.59 Å². The van der Waals surface area contributed by atoms with Crippen LogP contribution in [0.3, 0.4) is 0 Å². The van der Waals surface area contributed by atoms with E-state index in [-0.39, 0.29) is 12.5 Å². The zero-order valence-corrected chi connectivity index (χ0v) is 19.3. The summed E-state index contributed by atoms with van der Waals surface area (Å²) >= 11 is 0. The number of carbonyl (C=O) groups excluding carboxylic acids is 2. The molecule has 1 heterocycles. The van der Waals surface area contributed by atoms with E-state index in [4.69, 9.17) is 9.47 Å². The second kappa shape index (κ2) is 11.9. The number of unbranched alkanes of at least 4 members (excludes halogenated alkanes) is 1. The number of esters is 1. The van der Waals surface area contributed by atoms with Crippen molar-refractivity contribution < 1.29 is 28.9 Å². The number of hydrogen-bond acceptors (Lipinski definition) is 6. The third kappa shape index (κ3) is 9.17. The first-order valence-corrected chi connectivity index (χ1v) is 11.1. The second-order valence-corrected chi connectivity index (χ2v) is 9.14. The fourth-order valence-electron chi connectivity index (χ4n) is 3.62. The summed E-state index contributed by atoms with van der Waals surface area (Å²) in [6.45, 7) is 7.87. The zero-order valence-electron chi connectivity index (χ0n) is 19.3. The number of likely N-dealkylation sites (tertiary alicyclic amines) is 1. The third-order valence-corrected chi connectivity index (χ3v) is 5.37. The number of hydrogen-bond donors (Lipinski definition) is 1. The molecule has 2 rings (SSSR count). The van der Waals surface area contributed by atoms with E-state index in [9.17, 15) is 14.7 Å². The van der Waals surface area contributed by atoms with Crippen molar-refractivity contribution in [1.82, 2.24) is 4.90 Å². The van der Waals surface area contributed by atoms with Crippen molar-refractivity contribution in [2.45, 2.75) is 71.0 Å². The number of methoxy groups -OCH3 is 1. The monoisotopic (exact) mass is 435 g/mol. The molecule has 1 unspecified atom stereocenters. The molecule has 0 aliphatic carbocycles. The molecular formula is C24H37NO6. The number of ether oxygens (including phenoxy) is 3. The van der Waals surface area contributed by atoms with Gasteiger partial charge in [-0.2, -0.15) is 0 Å². The maximum Gasteiger partial charge on any atom is 0.410 e. The quantitative estimate of drug-likeness (QED) is 0.467. The third-order valence-electron chi connectivity index (χ3n) is 5.37. The Morgan fingerprint density at radius 3 is 2.35 bits per heavy atom. The van der Waals surface area contributed by atoms with Crippen LogP contribution in [0.1, 0.15) is 58.4 Å². The summed E-state index contributed by atoms with van der Waals surface area (Å²) < 4.78 is 15.8. The number of amides is 1.